The third-order valence-corrected chi connectivity index (χ3v) is 4.62. The Labute approximate surface area is 174 Å². The first-order valence-corrected chi connectivity index (χ1v) is 10.3. The molecule has 2 N–H and O–H groups in total. The molecule has 0 bridgehead atoms. The van der Waals surface area contributed by atoms with Crippen molar-refractivity contribution >= 4 is 11.6 Å². The van der Waals surface area contributed by atoms with Gasteiger partial charge in [-0.15, -0.1) is 11.6 Å². The lowest BCUT2D eigenvalue weighted by Crippen LogP contribution is -2.21. The molecule has 2 rings (SSSR count). The lowest BCUT2D eigenvalue weighted by Gasteiger charge is -2.26. The quantitative estimate of drug-likeness (QED) is 0.438. The Kier molecular flexibility index (Phi) is 11.0. The molecule has 2 aromatic rings. The molecule has 0 saturated carbocycles. The van der Waals surface area contributed by atoms with Gasteiger partial charge in [-0.2, -0.15) is 0 Å². The van der Waals surface area contributed by atoms with Crippen molar-refractivity contribution in [3.63, 3.8) is 0 Å². The second kappa shape index (κ2) is 12.7. The summed E-state index contributed by atoms with van der Waals surface area (Å²) < 4.78 is 11.1. The summed E-state index contributed by atoms with van der Waals surface area (Å²) in [6.07, 6.45) is -0.0327. The number of aliphatic hydroxyl groups excluding tert-OH is 2. The van der Waals surface area contributed by atoms with E-state index in [9.17, 15) is 5.11 Å². The van der Waals surface area contributed by atoms with Gasteiger partial charge in [-0.1, -0.05) is 52.0 Å². The van der Waals surface area contributed by atoms with Crippen molar-refractivity contribution in [1.82, 2.24) is 0 Å². The van der Waals surface area contributed by atoms with Gasteiger partial charge in [0.2, 0.25) is 0 Å². The van der Waals surface area contributed by atoms with Crippen molar-refractivity contribution in [2.45, 2.75) is 45.6 Å². The van der Waals surface area contributed by atoms with Crippen molar-refractivity contribution in [1.29, 1.82) is 0 Å². The van der Waals surface area contributed by atoms with E-state index in [0.717, 1.165) is 17.7 Å². The van der Waals surface area contributed by atoms with Crippen LogP contribution in [0.5, 0.6) is 11.5 Å². The summed E-state index contributed by atoms with van der Waals surface area (Å²) in [7, 11) is 0. The first-order valence-electron chi connectivity index (χ1n) is 9.79. The Morgan fingerprint density at radius 2 is 1.36 bits per heavy atom. The van der Waals surface area contributed by atoms with Gasteiger partial charge in [0.1, 0.15) is 24.2 Å². The van der Waals surface area contributed by atoms with Crippen molar-refractivity contribution in [2.24, 2.45) is 0 Å². The summed E-state index contributed by atoms with van der Waals surface area (Å²) in [5, 5.41) is 18.2. The Hall–Kier alpha value is -1.75. The molecule has 28 heavy (non-hydrogen) atoms. The molecule has 0 amide bonds. The van der Waals surface area contributed by atoms with Crippen LogP contribution in [0.2, 0.25) is 0 Å². The van der Waals surface area contributed by atoms with Gasteiger partial charge in [-0.05, 0) is 41.8 Å². The molecule has 0 aliphatic carbocycles. The van der Waals surface area contributed by atoms with E-state index in [4.69, 9.17) is 26.2 Å². The number of alkyl halides is 1. The molecule has 1 unspecified atom stereocenters. The van der Waals surface area contributed by atoms with E-state index in [2.05, 4.69) is 26.0 Å². The average molecular weight is 409 g/mol. The second-order valence-electron chi connectivity index (χ2n) is 6.71. The number of halogens is 1. The third-order valence-electron chi connectivity index (χ3n) is 4.35. The zero-order chi connectivity index (χ0) is 21.0. The SMILES string of the molecule is CC.CC(C)(c1ccc(OCCCCl)cc1)c1ccc(OCC(O)CO)cc1. The standard InChI is InChI=1S/C21H27ClO4.C2H6/c1-21(2,16-4-8-19(9-5-16)25-13-3-12-22)17-6-10-20(11-7-17)26-15-18(24)14-23;1-2/h4-11,18,23-24H,3,12-15H2,1-2H3;1-2H3. The molecular formula is C23H33ClO4. The van der Waals surface area contributed by atoms with Crippen LogP contribution in [0.3, 0.4) is 0 Å². The maximum atomic E-state index is 9.35. The first kappa shape index (κ1) is 24.3. The van der Waals surface area contributed by atoms with E-state index in [1.807, 2.05) is 50.2 Å². The van der Waals surface area contributed by atoms with E-state index in [1.54, 1.807) is 0 Å². The lowest BCUT2D eigenvalue weighted by atomic mass is 9.78. The Bertz CT molecular complexity index is 653. The zero-order valence-electron chi connectivity index (χ0n) is 17.3. The van der Waals surface area contributed by atoms with Crippen LogP contribution in [0.25, 0.3) is 0 Å². The Balaban J connectivity index is 0.00000190. The molecule has 0 saturated heterocycles. The molecule has 0 aliphatic rings. The third kappa shape index (κ3) is 7.34. The molecule has 1 atom stereocenters. The van der Waals surface area contributed by atoms with Crippen molar-refractivity contribution in [3.05, 3.63) is 59.7 Å². The molecule has 0 fully saturated rings. The van der Waals surface area contributed by atoms with Gasteiger partial charge in [0.25, 0.3) is 0 Å². The molecule has 4 nitrogen and oxygen atoms in total. The number of hydrogen-bond acceptors (Lipinski definition) is 4. The van der Waals surface area contributed by atoms with Gasteiger partial charge in [-0.25, -0.2) is 0 Å². The van der Waals surface area contributed by atoms with Crippen molar-refractivity contribution in [3.8, 4) is 11.5 Å². The Morgan fingerprint density at radius 1 is 0.893 bits per heavy atom. The molecule has 0 heterocycles. The number of rotatable bonds is 10. The maximum Gasteiger partial charge on any atom is 0.119 e. The van der Waals surface area contributed by atoms with E-state index in [1.165, 1.54) is 5.56 Å². The molecule has 156 valence electrons. The molecular weight excluding hydrogens is 376 g/mol. The summed E-state index contributed by atoms with van der Waals surface area (Å²) in [6, 6.07) is 15.9. The van der Waals surface area contributed by atoms with E-state index >= 15 is 0 Å². The van der Waals surface area contributed by atoms with Gasteiger partial charge in [0, 0.05) is 11.3 Å². The van der Waals surface area contributed by atoms with E-state index in [0.29, 0.717) is 18.2 Å². The predicted octanol–water partition coefficient (Wildman–Crippen LogP) is 4.78. The minimum absolute atomic E-state index is 0.0738. The summed E-state index contributed by atoms with van der Waals surface area (Å²) in [5.41, 5.74) is 2.17. The second-order valence-corrected chi connectivity index (χ2v) is 7.09. The molecule has 0 aliphatic heterocycles. The van der Waals surface area contributed by atoms with Gasteiger partial charge in [0.15, 0.2) is 0 Å². The number of ether oxygens (including phenoxy) is 2. The topological polar surface area (TPSA) is 58.9 Å². The lowest BCUT2D eigenvalue weighted by molar-refractivity contribution is 0.0536. The fourth-order valence-electron chi connectivity index (χ4n) is 2.59. The predicted molar refractivity (Wildman–Crippen MR) is 116 cm³/mol. The van der Waals surface area contributed by atoms with E-state index in [-0.39, 0.29) is 18.6 Å². The number of benzene rings is 2. The highest BCUT2D eigenvalue weighted by Crippen LogP contribution is 2.33. The van der Waals surface area contributed by atoms with Crippen LogP contribution in [0.4, 0.5) is 0 Å². The minimum Gasteiger partial charge on any atom is -0.494 e. The highest BCUT2D eigenvalue weighted by Gasteiger charge is 2.23. The average Bonchev–Trinajstić information content (AvgIpc) is 2.74. The van der Waals surface area contributed by atoms with Gasteiger partial charge in [-0.3, -0.25) is 0 Å². The summed E-state index contributed by atoms with van der Waals surface area (Å²) in [4.78, 5) is 0. The van der Waals surface area contributed by atoms with Gasteiger partial charge >= 0.3 is 0 Å². The van der Waals surface area contributed by atoms with Crippen LogP contribution in [0.1, 0.15) is 45.2 Å². The first-order chi connectivity index (χ1) is 13.5. The Morgan fingerprint density at radius 3 is 1.79 bits per heavy atom. The fourth-order valence-corrected chi connectivity index (χ4v) is 2.70. The van der Waals surface area contributed by atoms with Crippen molar-refractivity contribution < 1.29 is 19.7 Å². The zero-order valence-corrected chi connectivity index (χ0v) is 18.1. The smallest absolute Gasteiger partial charge is 0.119 e. The normalized spacial score (nSPS) is 12.0. The molecule has 5 heteroatoms. The molecule has 0 aromatic heterocycles. The number of hydrogen-bond donors (Lipinski definition) is 2. The molecule has 0 spiro atoms. The van der Waals surface area contributed by atoms with Gasteiger partial charge in [0.05, 0.1) is 13.2 Å². The molecule has 2 aromatic carbocycles. The monoisotopic (exact) mass is 408 g/mol. The highest BCUT2D eigenvalue weighted by atomic mass is 35.5. The largest absolute Gasteiger partial charge is 0.494 e. The van der Waals surface area contributed by atoms with Crippen LogP contribution in [0.15, 0.2) is 48.5 Å². The summed E-state index contributed by atoms with van der Waals surface area (Å²) >= 11 is 5.66. The van der Waals surface area contributed by atoms with Crippen LogP contribution in [-0.2, 0) is 5.41 Å². The maximum absolute atomic E-state index is 9.35. The van der Waals surface area contributed by atoms with Crippen LogP contribution in [0, 0.1) is 0 Å². The van der Waals surface area contributed by atoms with E-state index < -0.39 is 6.10 Å². The van der Waals surface area contributed by atoms with Gasteiger partial charge < -0.3 is 19.7 Å². The fraction of sp³-hybridized carbons (Fsp3) is 0.478. The van der Waals surface area contributed by atoms with Crippen LogP contribution < -0.4 is 9.47 Å². The van der Waals surface area contributed by atoms with Crippen LogP contribution >= 0.6 is 11.6 Å². The summed E-state index contributed by atoms with van der Waals surface area (Å²) in [6.45, 7) is 8.73. The number of aliphatic hydroxyl groups is 2. The minimum atomic E-state index is -0.865. The molecule has 0 radical (unpaired) electrons. The van der Waals surface area contributed by atoms with Crippen LogP contribution in [-0.4, -0.2) is 42.0 Å². The summed E-state index contributed by atoms with van der Waals surface area (Å²) in [5.74, 6) is 2.12. The van der Waals surface area contributed by atoms with Crippen molar-refractivity contribution in [2.75, 3.05) is 25.7 Å². The highest BCUT2D eigenvalue weighted by molar-refractivity contribution is 6.17.